The van der Waals surface area contributed by atoms with Gasteiger partial charge >= 0.3 is 0 Å². The molecule has 18 heavy (non-hydrogen) atoms. The first-order valence-electron chi connectivity index (χ1n) is 5.84. The van der Waals surface area contributed by atoms with Crippen molar-refractivity contribution in [1.82, 2.24) is 4.98 Å². The summed E-state index contributed by atoms with van der Waals surface area (Å²) >= 11 is 0. The van der Waals surface area contributed by atoms with Gasteiger partial charge < -0.3 is 15.8 Å². The molecule has 4 nitrogen and oxygen atoms in total. The van der Waals surface area contributed by atoms with Gasteiger partial charge in [-0.05, 0) is 17.2 Å². The van der Waals surface area contributed by atoms with Gasteiger partial charge in [-0.25, -0.2) is 4.98 Å². The average molecular weight is 243 g/mol. The quantitative estimate of drug-likeness (QED) is 0.844. The van der Waals surface area contributed by atoms with Crippen LogP contribution in [-0.4, -0.2) is 12.1 Å². The van der Waals surface area contributed by atoms with Crippen LogP contribution in [0, 0.1) is 0 Å². The zero-order chi connectivity index (χ0) is 12.8. The SMILES string of the molecule is COc1cc(NCc2ccccc2CN)ccn1. The highest BCUT2D eigenvalue weighted by atomic mass is 16.5. The summed E-state index contributed by atoms with van der Waals surface area (Å²) < 4.78 is 5.08. The molecule has 0 radical (unpaired) electrons. The van der Waals surface area contributed by atoms with E-state index in [0.29, 0.717) is 12.4 Å². The molecule has 1 aromatic carbocycles. The molecule has 1 heterocycles. The minimum absolute atomic E-state index is 0.553. The highest BCUT2D eigenvalue weighted by Crippen LogP contribution is 2.15. The lowest BCUT2D eigenvalue weighted by Gasteiger charge is -2.10. The number of methoxy groups -OCH3 is 1. The maximum atomic E-state index is 5.71. The largest absolute Gasteiger partial charge is 0.481 e. The van der Waals surface area contributed by atoms with Crippen LogP contribution in [0.5, 0.6) is 5.88 Å². The topological polar surface area (TPSA) is 60.2 Å². The number of nitrogens with zero attached hydrogens (tertiary/aromatic N) is 1. The van der Waals surface area contributed by atoms with Crippen LogP contribution in [0.25, 0.3) is 0 Å². The van der Waals surface area contributed by atoms with Crippen molar-refractivity contribution in [2.24, 2.45) is 5.73 Å². The van der Waals surface area contributed by atoms with Gasteiger partial charge in [-0.1, -0.05) is 24.3 Å². The predicted octanol–water partition coefficient (Wildman–Crippen LogP) is 2.16. The van der Waals surface area contributed by atoms with Crippen molar-refractivity contribution in [1.29, 1.82) is 0 Å². The number of aromatic nitrogens is 1. The number of rotatable bonds is 5. The van der Waals surface area contributed by atoms with E-state index in [1.54, 1.807) is 13.3 Å². The lowest BCUT2D eigenvalue weighted by molar-refractivity contribution is 0.398. The highest BCUT2D eigenvalue weighted by molar-refractivity contribution is 5.46. The number of benzene rings is 1. The Morgan fingerprint density at radius 3 is 2.72 bits per heavy atom. The van der Waals surface area contributed by atoms with Gasteiger partial charge in [-0.15, -0.1) is 0 Å². The first-order valence-corrected chi connectivity index (χ1v) is 5.84. The van der Waals surface area contributed by atoms with E-state index in [1.165, 1.54) is 5.56 Å². The Labute approximate surface area is 107 Å². The third-order valence-electron chi connectivity index (χ3n) is 2.77. The molecule has 0 aliphatic rings. The molecule has 3 N–H and O–H groups in total. The molecule has 0 saturated carbocycles. The lowest BCUT2D eigenvalue weighted by Crippen LogP contribution is -2.06. The van der Waals surface area contributed by atoms with Gasteiger partial charge in [0.2, 0.25) is 5.88 Å². The van der Waals surface area contributed by atoms with Crippen molar-refractivity contribution < 1.29 is 4.74 Å². The first-order chi connectivity index (χ1) is 8.83. The van der Waals surface area contributed by atoms with E-state index in [4.69, 9.17) is 10.5 Å². The fraction of sp³-hybridized carbons (Fsp3) is 0.214. The molecule has 0 aliphatic carbocycles. The van der Waals surface area contributed by atoms with Gasteiger partial charge in [-0.2, -0.15) is 0 Å². The number of pyridine rings is 1. The summed E-state index contributed by atoms with van der Waals surface area (Å²) in [7, 11) is 1.61. The lowest BCUT2D eigenvalue weighted by atomic mass is 10.1. The summed E-state index contributed by atoms with van der Waals surface area (Å²) in [5.74, 6) is 0.604. The monoisotopic (exact) mass is 243 g/mol. The standard InChI is InChI=1S/C14H17N3O/c1-18-14-8-13(6-7-16-14)17-10-12-5-3-2-4-11(12)9-15/h2-8H,9-10,15H2,1H3,(H,16,17). The maximum Gasteiger partial charge on any atom is 0.214 e. The maximum absolute atomic E-state index is 5.71. The molecule has 4 heteroatoms. The predicted molar refractivity (Wildman–Crippen MR) is 72.4 cm³/mol. The molecule has 0 saturated heterocycles. The number of nitrogens with two attached hydrogens (primary N) is 1. The van der Waals surface area contributed by atoms with Crippen LogP contribution in [0.2, 0.25) is 0 Å². The number of hydrogen-bond donors (Lipinski definition) is 2. The van der Waals surface area contributed by atoms with Gasteiger partial charge in [0.05, 0.1) is 7.11 Å². The summed E-state index contributed by atoms with van der Waals surface area (Å²) in [5, 5.41) is 3.33. The van der Waals surface area contributed by atoms with Crippen molar-refractivity contribution in [2.45, 2.75) is 13.1 Å². The van der Waals surface area contributed by atoms with Crippen molar-refractivity contribution in [3.8, 4) is 5.88 Å². The molecule has 0 amide bonds. The van der Waals surface area contributed by atoms with E-state index in [1.807, 2.05) is 30.3 Å². The molecule has 0 unspecified atom stereocenters. The van der Waals surface area contributed by atoms with E-state index in [-0.39, 0.29) is 0 Å². The third-order valence-corrected chi connectivity index (χ3v) is 2.77. The fourth-order valence-electron chi connectivity index (χ4n) is 1.76. The molecule has 2 aromatic rings. The van der Waals surface area contributed by atoms with E-state index in [2.05, 4.69) is 16.4 Å². The van der Waals surface area contributed by atoms with E-state index < -0.39 is 0 Å². The Bertz CT molecular complexity index is 514. The van der Waals surface area contributed by atoms with Crippen LogP contribution in [0.15, 0.2) is 42.6 Å². The van der Waals surface area contributed by atoms with Gasteiger partial charge in [0.25, 0.3) is 0 Å². The molecular formula is C14H17N3O. The van der Waals surface area contributed by atoms with E-state index >= 15 is 0 Å². The molecule has 1 aromatic heterocycles. The van der Waals surface area contributed by atoms with Crippen LogP contribution < -0.4 is 15.8 Å². The van der Waals surface area contributed by atoms with E-state index in [0.717, 1.165) is 17.8 Å². The molecular weight excluding hydrogens is 226 g/mol. The zero-order valence-electron chi connectivity index (χ0n) is 10.4. The molecule has 94 valence electrons. The van der Waals surface area contributed by atoms with Gasteiger partial charge in [0, 0.05) is 31.0 Å². The first kappa shape index (κ1) is 12.4. The summed E-state index contributed by atoms with van der Waals surface area (Å²) in [6, 6.07) is 11.9. The molecule has 0 spiro atoms. The summed E-state index contributed by atoms with van der Waals surface area (Å²) in [6.07, 6.45) is 1.72. The van der Waals surface area contributed by atoms with E-state index in [9.17, 15) is 0 Å². The fourth-order valence-corrected chi connectivity index (χ4v) is 1.76. The molecule has 2 rings (SSSR count). The Balaban J connectivity index is 2.06. The number of ether oxygens (including phenoxy) is 1. The minimum Gasteiger partial charge on any atom is -0.481 e. The second kappa shape index (κ2) is 6.02. The molecule has 0 bridgehead atoms. The number of hydrogen-bond acceptors (Lipinski definition) is 4. The Hall–Kier alpha value is -2.07. The Morgan fingerprint density at radius 2 is 2.00 bits per heavy atom. The number of anilines is 1. The van der Waals surface area contributed by atoms with Gasteiger partial charge in [-0.3, -0.25) is 0 Å². The Kier molecular flexibility index (Phi) is 4.15. The normalized spacial score (nSPS) is 10.1. The molecule has 0 atom stereocenters. The Morgan fingerprint density at radius 1 is 1.22 bits per heavy atom. The van der Waals surface area contributed by atoms with Crippen molar-refractivity contribution in [3.63, 3.8) is 0 Å². The molecule has 0 fully saturated rings. The average Bonchev–Trinajstić information content (AvgIpc) is 2.45. The van der Waals surface area contributed by atoms with Crippen molar-refractivity contribution in [3.05, 3.63) is 53.7 Å². The molecule has 0 aliphatic heterocycles. The summed E-state index contributed by atoms with van der Waals surface area (Å²) in [4.78, 5) is 4.06. The van der Waals surface area contributed by atoms with Crippen LogP contribution in [0.1, 0.15) is 11.1 Å². The highest BCUT2D eigenvalue weighted by Gasteiger charge is 2.01. The van der Waals surface area contributed by atoms with Crippen LogP contribution >= 0.6 is 0 Å². The summed E-state index contributed by atoms with van der Waals surface area (Å²) in [6.45, 7) is 1.29. The van der Waals surface area contributed by atoms with Crippen molar-refractivity contribution >= 4 is 5.69 Å². The third kappa shape index (κ3) is 2.99. The van der Waals surface area contributed by atoms with Crippen LogP contribution in [0.3, 0.4) is 0 Å². The second-order valence-corrected chi connectivity index (χ2v) is 3.91. The van der Waals surface area contributed by atoms with Crippen LogP contribution in [0.4, 0.5) is 5.69 Å². The minimum atomic E-state index is 0.553. The second-order valence-electron chi connectivity index (χ2n) is 3.91. The smallest absolute Gasteiger partial charge is 0.214 e. The van der Waals surface area contributed by atoms with Crippen LogP contribution in [-0.2, 0) is 13.1 Å². The number of nitrogens with one attached hydrogen (secondary N) is 1. The zero-order valence-corrected chi connectivity index (χ0v) is 10.4. The van der Waals surface area contributed by atoms with Gasteiger partial charge in [0.1, 0.15) is 0 Å². The van der Waals surface area contributed by atoms with Gasteiger partial charge in [0.15, 0.2) is 0 Å². The van der Waals surface area contributed by atoms with Crippen molar-refractivity contribution in [2.75, 3.05) is 12.4 Å². The summed E-state index contributed by atoms with van der Waals surface area (Å²) in [5.41, 5.74) is 9.05.